The van der Waals surface area contributed by atoms with Crippen molar-refractivity contribution in [1.82, 2.24) is 0 Å². The largest absolute Gasteiger partial charge is 0.456 e. The summed E-state index contributed by atoms with van der Waals surface area (Å²) in [6, 6.07) is 12.4. The average Bonchev–Trinajstić information content (AvgIpc) is 2.74. The number of fused-ring (bicyclic) bond motifs is 2. The molecule has 2 heteroatoms. The van der Waals surface area contributed by atoms with E-state index in [0.29, 0.717) is 0 Å². The first-order valence-electron chi connectivity index (χ1n) is 5.83. The standard InChI is InChI=1S/C16H13NO/c1-3-15-14(10-17-2)13-8-11-6-4-5-7-12(11)9-16(13)18-15/h3-10H,1H2,2H3. The molecule has 18 heavy (non-hydrogen) atoms. The molecule has 2 aromatic carbocycles. The molecule has 0 spiro atoms. The van der Waals surface area contributed by atoms with Gasteiger partial charge in [0.1, 0.15) is 11.3 Å². The van der Waals surface area contributed by atoms with E-state index in [1.54, 1.807) is 13.1 Å². The second-order valence-corrected chi connectivity index (χ2v) is 4.17. The van der Waals surface area contributed by atoms with E-state index in [2.05, 4.69) is 35.8 Å². The van der Waals surface area contributed by atoms with Crippen molar-refractivity contribution in [1.29, 1.82) is 0 Å². The minimum Gasteiger partial charge on any atom is -0.456 e. The number of benzene rings is 2. The maximum absolute atomic E-state index is 5.80. The van der Waals surface area contributed by atoms with Gasteiger partial charge in [0, 0.05) is 24.2 Å². The van der Waals surface area contributed by atoms with E-state index in [1.165, 1.54) is 10.8 Å². The fourth-order valence-corrected chi connectivity index (χ4v) is 2.23. The maximum atomic E-state index is 5.80. The molecule has 3 aromatic rings. The van der Waals surface area contributed by atoms with Gasteiger partial charge in [-0.1, -0.05) is 30.8 Å². The van der Waals surface area contributed by atoms with Gasteiger partial charge < -0.3 is 4.42 Å². The summed E-state index contributed by atoms with van der Waals surface area (Å²) < 4.78 is 5.80. The summed E-state index contributed by atoms with van der Waals surface area (Å²) in [5.41, 5.74) is 1.87. The Morgan fingerprint density at radius 1 is 1.17 bits per heavy atom. The maximum Gasteiger partial charge on any atom is 0.136 e. The Hall–Kier alpha value is -2.35. The minimum atomic E-state index is 0.769. The highest BCUT2D eigenvalue weighted by Gasteiger charge is 2.10. The van der Waals surface area contributed by atoms with Crippen LogP contribution in [-0.4, -0.2) is 13.3 Å². The number of rotatable bonds is 2. The lowest BCUT2D eigenvalue weighted by Gasteiger charge is -1.97. The van der Waals surface area contributed by atoms with Crippen molar-refractivity contribution in [2.75, 3.05) is 7.05 Å². The van der Waals surface area contributed by atoms with E-state index >= 15 is 0 Å². The van der Waals surface area contributed by atoms with Gasteiger partial charge in [-0.15, -0.1) is 0 Å². The summed E-state index contributed by atoms with van der Waals surface area (Å²) in [5.74, 6) is 0.769. The van der Waals surface area contributed by atoms with E-state index < -0.39 is 0 Å². The molecule has 0 N–H and O–H groups in total. The van der Waals surface area contributed by atoms with Crippen LogP contribution in [0.25, 0.3) is 27.8 Å². The predicted octanol–water partition coefficient (Wildman–Crippen LogP) is 4.28. The molecule has 0 bridgehead atoms. The quantitative estimate of drug-likeness (QED) is 0.609. The number of furan rings is 1. The van der Waals surface area contributed by atoms with Crippen LogP contribution in [0, 0.1) is 0 Å². The smallest absolute Gasteiger partial charge is 0.136 e. The second kappa shape index (κ2) is 4.15. The lowest BCUT2D eigenvalue weighted by molar-refractivity contribution is 0.604. The summed E-state index contributed by atoms with van der Waals surface area (Å²) >= 11 is 0. The van der Waals surface area contributed by atoms with Gasteiger partial charge in [0.15, 0.2) is 0 Å². The third kappa shape index (κ3) is 1.54. The molecule has 1 heterocycles. The molecular formula is C16H13NO. The van der Waals surface area contributed by atoms with Gasteiger partial charge >= 0.3 is 0 Å². The van der Waals surface area contributed by atoms with Gasteiger partial charge in [-0.05, 0) is 29.0 Å². The van der Waals surface area contributed by atoms with Gasteiger partial charge in [-0.2, -0.15) is 0 Å². The molecule has 2 nitrogen and oxygen atoms in total. The van der Waals surface area contributed by atoms with Gasteiger partial charge in [-0.3, -0.25) is 4.99 Å². The van der Waals surface area contributed by atoms with Crippen LogP contribution in [0.5, 0.6) is 0 Å². The Kier molecular flexibility index (Phi) is 2.49. The molecular weight excluding hydrogens is 222 g/mol. The summed E-state index contributed by atoms with van der Waals surface area (Å²) in [7, 11) is 1.76. The van der Waals surface area contributed by atoms with Crippen molar-refractivity contribution in [2.24, 2.45) is 4.99 Å². The Balaban J connectivity index is 2.44. The molecule has 88 valence electrons. The van der Waals surface area contributed by atoms with Crippen LogP contribution in [0.1, 0.15) is 11.3 Å². The van der Waals surface area contributed by atoms with E-state index in [1.807, 2.05) is 18.3 Å². The van der Waals surface area contributed by atoms with Crippen molar-refractivity contribution in [3.63, 3.8) is 0 Å². The van der Waals surface area contributed by atoms with Crippen molar-refractivity contribution in [3.05, 3.63) is 54.3 Å². The van der Waals surface area contributed by atoms with Crippen molar-refractivity contribution < 1.29 is 4.42 Å². The number of hydrogen-bond donors (Lipinski definition) is 0. The van der Waals surface area contributed by atoms with Gasteiger partial charge in [-0.25, -0.2) is 0 Å². The molecule has 0 fully saturated rings. The Labute approximate surface area is 105 Å². The van der Waals surface area contributed by atoms with Gasteiger partial charge in [0.2, 0.25) is 0 Å². The molecule has 0 aliphatic rings. The molecule has 0 unspecified atom stereocenters. The summed E-state index contributed by atoms with van der Waals surface area (Å²) in [4.78, 5) is 4.08. The molecule has 0 saturated heterocycles. The lowest BCUT2D eigenvalue weighted by Crippen LogP contribution is -1.81. The molecule has 1 aromatic heterocycles. The summed E-state index contributed by atoms with van der Waals surface area (Å²) in [6.07, 6.45) is 3.54. The van der Waals surface area contributed by atoms with Gasteiger partial charge in [0.25, 0.3) is 0 Å². The lowest BCUT2D eigenvalue weighted by atomic mass is 10.1. The number of hydrogen-bond acceptors (Lipinski definition) is 2. The zero-order valence-electron chi connectivity index (χ0n) is 10.2. The third-order valence-corrected chi connectivity index (χ3v) is 3.07. The topological polar surface area (TPSA) is 25.5 Å². The highest BCUT2D eigenvalue weighted by atomic mass is 16.3. The van der Waals surface area contributed by atoms with E-state index in [-0.39, 0.29) is 0 Å². The number of aliphatic imine (C=N–C) groups is 1. The normalized spacial score (nSPS) is 11.6. The summed E-state index contributed by atoms with van der Waals surface area (Å²) in [6.45, 7) is 3.78. The zero-order valence-corrected chi connectivity index (χ0v) is 10.2. The fourth-order valence-electron chi connectivity index (χ4n) is 2.23. The van der Waals surface area contributed by atoms with Crippen LogP contribution in [0.4, 0.5) is 0 Å². The van der Waals surface area contributed by atoms with E-state index in [9.17, 15) is 0 Å². The molecule has 0 atom stereocenters. The molecule has 0 saturated carbocycles. The Bertz CT molecular complexity index is 765. The van der Waals surface area contributed by atoms with Crippen LogP contribution in [0.3, 0.4) is 0 Å². The minimum absolute atomic E-state index is 0.769. The fraction of sp³-hybridized carbons (Fsp3) is 0.0625. The van der Waals surface area contributed by atoms with Crippen LogP contribution in [-0.2, 0) is 0 Å². The zero-order chi connectivity index (χ0) is 12.5. The van der Waals surface area contributed by atoms with Crippen molar-refractivity contribution >= 4 is 34.0 Å². The Morgan fingerprint density at radius 3 is 2.56 bits per heavy atom. The van der Waals surface area contributed by atoms with Crippen LogP contribution < -0.4 is 0 Å². The first kappa shape index (κ1) is 10.8. The van der Waals surface area contributed by atoms with Crippen molar-refractivity contribution in [3.8, 4) is 0 Å². The summed E-state index contributed by atoms with van der Waals surface area (Å²) in [5, 5.41) is 3.45. The molecule has 0 aliphatic carbocycles. The van der Waals surface area contributed by atoms with E-state index in [4.69, 9.17) is 4.42 Å². The first-order valence-corrected chi connectivity index (χ1v) is 5.83. The SMILES string of the molecule is C=Cc1oc2cc3ccccc3cc2c1C=NC. The Morgan fingerprint density at radius 2 is 1.89 bits per heavy atom. The first-order chi connectivity index (χ1) is 8.83. The number of nitrogens with zero attached hydrogens (tertiary/aromatic N) is 1. The highest BCUT2D eigenvalue weighted by molar-refractivity contribution is 6.06. The van der Waals surface area contributed by atoms with Crippen LogP contribution >= 0.6 is 0 Å². The molecule has 0 radical (unpaired) electrons. The highest BCUT2D eigenvalue weighted by Crippen LogP contribution is 2.29. The molecule has 3 rings (SSSR count). The second-order valence-electron chi connectivity index (χ2n) is 4.17. The van der Waals surface area contributed by atoms with E-state index in [0.717, 1.165) is 22.3 Å². The average molecular weight is 235 g/mol. The third-order valence-electron chi connectivity index (χ3n) is 3.07. The van der Waals surface area contributed by atoms with Crippen LogP contribution in [0.15, 0.2) is 52.4 Å². The predicted molar refractivity (Wildman–Crippen MR) is 77.3 cm³/mol. The molecule has 0 amide bonds. The van der Waals surface area contributed by atoms with Crippen molar-refractivity contribution in [2.45, 2.75) is 0 Å². The molecule has 0 aliphatic heterocycles. The van der Waals surface area contributed by atoms with Gasteiger partial charge in [0.05, 0.1) is 0 Å². The van der Waals surface area contributed by atoms with Crippen LogP contribution in [0.2, 0.25) is 0 Å². The monoisotopic (exact) mass is 235 g/mol.